The molecule has 0 bridgehead atoms. The van der Waals surface area contributed by atoms with Crippen LogP contribution in [0.15, 0.2) is 0 Å². The molecule has 2 aliphatic rings. The number of rotatable bonds is 16. The Morgan fingerprint density at radius 1 is 0.957 bits per heavy atom. The van der Waals surface area contributed by atoms with Crippen molar-refractivity contribution in [2.24, 2.45) is 17.3 Å². The van der Waals surface area contributed by atoms with Gasteiger partial charge in [-0.25, -0.2) is 4.79 Å². The molecule has 47 heavy (non-hydrogen) atoms. The van der Waals surface area contributed by atoms with Gasteiger partial charge in [0.05, 0.1) is 43.5 Å². The molecule has 14 heteroatoms. The van der Waals surface area contributed by atoms with E-state index >= 15 is 0 Å². The highest BCUT2D eigenvalue weighted by atomic mass is 16.5. The average Bonchev–Trinajstić information content (AvgIpc) is 3.73. The highest BCUT2D eigenvalue weighted by Crippen LogP contribution is 2.32. The van der Waals surface area contributed by atoms with Crippen LogP contribution in [0.5, 0.6) is 0 Å². The van der Waals surface area contributed by atoms with Crippen LogP contribution in [0.4, 0.5) is 4.79 Å². The first-order chi connectivity index (χ1) is 21.8. The first kappa shape index (κ1) is 39.9. The molecule has 0 aromatic rings. The van der Waals surface area contributed by atoms with Crippen LogP contribution >= 0.6 is 0 Å². The van der Waals surface area contributed by atoms with Crippen molar-refractivity contribution in [2.75, 3.05) is 26.3 Å². The summed E-state index contributed by atoms with van der Waals surface area (Å²) in [7, 11) is 0. The van der Waals surface area contributed by atoms with E-state index in [0.29, 0.717) is 6.42 Å². The summed E-state index contributed by atoms with van der Waals surface area (Å²) in [6.45, 7) is 16.1. The maximum atomic E-state index is 14.1. The number of hydrogen-bond acceptors (Lipinski definition) is 9. The number of ketones is 1. The number of aliphatic hydroxyl groups excluding tert-OH is 1. The molecule has 14 nitrogen and oxygen atoms in total. The molecule has 2 rings (SSSR count). The van der Waals surface area contributed by atoms with Crippen LogP contribution in [-0.2, 0) is 33.4 Å². The second-order valence-corrected chi connectivity index (χ2v) is 15.1. The molecule has 0 spiro atoms. The molecule has 0 aromatic heterocycles. The van der Waals surface area contributed by atoms with E-state index in [1.165, 1.54) is 4.90 Å². The second kappa shape index (κ2) is 17.2. The third-order valence-corrected chi connectivity index (χ3v) is 7.87. The summed E-state index contributed by atoms with van der Waals surface area (Å²) in [4.78, 5) is 80.1. The summed E-state index contributed by atoms with van der Waals surface area (Å²) < 4.78 is 11.4. The molecule has 1 saturated heterocycles. The SMILES string of the molecule is CCCC(NC(=O)C1CC(OC(C)(C)C)CN1C(=O)C(NC(=O)OCC(C)C)C(C)(C)C)C(=O)C(=O)NCC(=O)NC(CO)C1CC1. The van der Waals surface area contributed by atoms with Gasteiger partial charge >= 0.3 is 6.09 Å². The van der Waals surface area contributed by atoms with Crippen LogP contribution in [0.3, 0.4) is 0 Å². The number of carbonyl (C=O) groups excluding carboxylic acids is 6. The highest BCUT2D eigenvalue weighted by molar-refractivity contribution is 6.38. The normalized spacial score (nSPS) is 20.2. The van der Waals surface area contributed by atoms with Gasteiger partial charge in [-0.3, -0.25) is 24.0 Å². The third-order valence-electron chi connectivity index (χ3n) is 7.87. The number of nitrogens with zero attached hydrogens (tertiary/aromatic N) is 1. The summed E-state index contributed by atoms with van der Waals surface area (Å²) >= 11 is 0. The predicted octanol–water partition coefficient (Wildman–Crippen LogP) is 1.43. The molecular weight excluding hydrogens is 610 g/mol. The Balaban J connectivity index is 2.20. The molecule has 5 atom stereocenters. The fourth-order valence-electron chi connectivity index (χ4n) is 5.39. The minimum Gasteiger partial charge on any atom is -0.449 e. The second-order valence-electron chi connectivity index (χ2n) is 15.1. The van der Waals surface area contributed by atoms with E-state index in [4.69, 9.17) is 9.47 Å². The standard InChI is InChI=1S/C33H57N5O9/c1-10-11-22(26(41)29(43)34-15-25(40)35-23(17-39)20-12-13-20)36-28(42)24-14-21(47-33(7,8)9)16-38(24)30(44)27(32(4,5)6)37-31(45)46-18-19(2)3/h19-24,27,39H,10-18H2,1-9H3,(H,34,43)(H,35,40)(H,36,42)(H,37,45). The van der Waals surface area contributed by atoms with Crippen LogP contribution in [0, 0.1) is 17.3 Å². The lowest BCUT2D eigenvalue weighted by Crippen LogP contribution is -2.59. The van der Waals surface area contributed by atoms with Crippen LogP contribution < -0.4 is 21.3 Å². The first-order valence-electron chi connectivity index (χ1n) is 16.7. The monoisotopic (exact) mass is 667 g/mol. The van der Waals surface area contributed by atoms with Gasteiger partial charge in [0.1, 0.15) is 12.1 Å². The fraction of sp³-hybridized carbons (Fsp3) is 0.818. The van der Waals surface area contributed by atoms with Gasteiger partial charge in [0.2, 0.25) is 23.5 Å². The zero-order chi connectivity index (χ0) is 35.7. The maximum absolute atomic E-state index is 14.1. The van der Waals surface area contributed by atoms with Gasteiger partial charge in [0.25, 0.3) is 5.91 Å². The minimum atomic E-state index is -1.20. The number of hydrogen-bond donors (Lipinski definition) is 5. The number of nitrogens with one attached hydrogen (secondary N) is 4. The lowest BCUT2D eigenvalue weighted by atomic mass is 9.85. The molecule has 2 fully saturated rings. The zero-order valence-electron chi connectivity index (χ0n) is 29.6. The van der Waals surface area contributed by atoms with E-state index in [9.17, 15) is 33.9 Å². The van der Waals surface area contributed by atoms with Crippen molar-refractivity contribution in [3.63, 3.8) is 0 Å². The minimum absolute atomic E-state index is 0.0706. The van der Waals surface area contributed by atoms with Gasteiger partial charge in [0.15, 0.2) is 0 Å². The van der Waals surface area contributed by atoms with E-state index in [-0.39, 0.29) is 44.4 Å². The Labute approximate surface area is 278 Å². The van der Waals surface area contributed by atoms with E-state index in [0.717, 1.165) is 12.8 Å². The molecule has 1 aliphatic carbocycles. The largest absolute Gasteiger partial charge is 0.449 e. The Morgan fingerprint density at radius 2 is 1.60 bits per heavy atom. The quantitative estimate of drug-likeness (QED) is 0.152. The lowest BCUT2D eigenvalue weighted by Gasteiger charge is -2.35. The van der Waals surface area contributed by atoms with Crippen LogP contribution in [0.25, 0.3) is 0 Å². The van der Waals surface area contributed by atoms with Gasteiger partial charge in [-0.2, -0.15) is 0 Å². The summed E-state index contributed by atoms with van der Waals surface area (Å²) in [5, 5.41) is 19.8. The number of carbonyl (C=O) groups is 6. The van der Waals surface area contributed by atoms with E-state index in [1.54, 1.807) is 27.7 Å². The molecule has 0 radical (unpaired) electrons. The van der Waals surface area contributed by atoms with Crippen molar-refractivity contribution >= 4 is 35.5 Å². The van der Waals surface area contributed by atoms with E-state index in [1.807, 2.05) is 34.6 Å². The third kappa shape index (κ3) is 13.0. The fourth-order valence-corrected chi connectivity index (χ4v) is 5.39. The van der Waals surface area contributed by atoms with E-state index < -0.39 is 83.3 Å². The van der Waals surface area contributed by atoms with Gasteiger partial charge in [-0.15, -0.1) is 0 Å². The Hall–Kier alpha value is -3.26. The van der Waals surface area contributed by atoms with Gasteiger partial charge in [-0.05, 0) is 57.3 Å². The van der Waals surface area contributed by atoms with Crippen molar-refractivity contribution < 1.29 is 43.3 Å². The van der Waals surface area contributed by atoms with Crippen LogP contribution in [0.1, 0.15) is 94.4 Å². The Morgan fingerprint density at radius 3 is 2.11 bits per heavy atom. The number of ether oxygens (including phenoxy) is 2. The van der Waals surface area contributed by atoms with E-state index in [2.05, 4.69) is 21.3 Å². The van der Waals surface area contributed by atoms with Gasteiger partial charge in [0, 0.05) is 13.0 Å². The number of likely N-dealkylation sites (tertiary alicyclic amines) is 1. The highest BCUT2D eigenvalue weighted by Gasteiger charge is 2.47. The summed E-state index contributed by atoms with van der Waals surface area (Å²) in [5.41, 5.74) is -1.33. The Bertz CT molecular complexity index is 1130. The number of alkyl carbamates (subject to hydrolysis) is 1. The first-order valence-corrected chi connectivity index (χ1v) is 16.7. The van der Waals surface area contributed by atoms with Crippen molar-refractivity contribution in [3.8, 4) is 0 Å². The number of Topliss-reactive ketones (excluding diaryl/α,β-unsaturated/α-hetero) is 1. The summed E-state index contributed by atoms with van der Waals surface area (Å²) in [6, 6.07) is -3.69. The molecule has 0 aromatic carbocycles. The van der Waals surface area contributed by atoms with Crippen LogP contribution in [-0.4, -0.2) is 108 Å². The van der Waals surface area contributed by atoms with Crippen LogP contribution in [0.2, 0.25) is 0 Å². The molecule has 1 saturated carbocycles. The molecule has 1 aliphatic heterocycles. The van der Waals surface area contributed by atoms with Crippen molar-refractivity contribution in [1.29, 1.82) is 0 Å². The molecule has 1 heterocycles. The van der Waals surface area contributed by atoms with Gasteiger partial charge in [-0.1, -0.05) is 48.0 Å². The molecular formula is C33H57N5O9. The average molecular weight is 668 g/mol. The zero-order valence-corrected chi connectivity index (χ0v) is 29.6. The van der Waals surface area contributed by atoms with Crippen molar-refractivity contribution in [3.05, 3.63) is 0 Å². The topological polar surface area (TPSA) is 192 Å². The maximum Gasteiger partial charge on any atom is 0.407 e. The number of aliphatic hydroxyl groups is 1. The number of amides is 5. The predicted molar refractivity (Wildman–Crippen MR) is 174 cm³/mol. The van der Waals surface area contributed by atoms with Crippen molar-refractivity contribution in [2.45, 2.75) is 130 Å². The molecule has 5 N–H and O–H groups in total. The Kier molecular flexibility index (Phi) is 14.6. The lowest BCUT2D eigenvalue weighted by molar-refractivity contribution is -0.144. The molecule has 268 valence electrons. The van der Waals surface area contributed by atoms with Crippen molar-refractivity contribution in [1.82, 2.24) is 26.2 Å². The smallest absolute Gasteiger partial charge is 0.407 e. The molecule has 5 unspecified atom stereocenters. The van der Waals surface area contributed by atoms with Gasteiger partial charge < -0.3 is 40.7 Å². The summed E-state index contributed by atoms with van der Waals surface area (Å²) in [6.07, 6.45) is 1.29. The molecule has 5 amide bonds. The summed E-state index contributed by atoms with van der Waals surface area (Å²) in [5.74, 6) is -3.34.